The van der Waals surface area contributed by atoms with Crippen molar-refractivity contribution in [1.82, 2.24) is 5.32 Å². The topological polar surface area (TPSA) is 89.4 Å². The summed E-state index contributed by atoms with van der Waals surface area (Å²) in [6.45, 7) is 9.59. The first-order valence-corrected chi connectivity index (χ1v) is 10.1. The van der Waals surface area contributed by atoms with Crippen LogP contribution in [-0.4, -0.2) is 61.5 Å². The Balaban J connectivity index is 1.99. The zero-order valence-corrected chi connectivity index (χ0v) is 17.4. The summed E-state index contributed by atoms with van der Waals surface area (Å²) < 4.78 is 16.8. The quantitative estimate of drug-likeness (QED) is 0.389. The average molecular weight is 405 g/mol. The van der Waals surface area contributed by atoms with E-state index in [1.807, 2.05) is 38.1 Å². The first-order chi connectivity index (χ1) is 14.0. The number of nitrogens with one attached hydrogen (secondary N) is 1. The number of ether oxygens (including phenoxy) is 3. The number of aliphatic hydroxyl groups is 1. The van der Waals surface area contributed by atoms with E-state index in [1.54, 1.807) is 6.08 Å². The van der Waals surface area contributed by atoms with Crippen LogP contribution in [0.25, 0.3) is 0 Å². The maximum Gasteiger partial charge on any atom is 0.251 e. The number of carbonyl (C=O) groups excluding carboxylic acids is 1. The van der Waals surface area contributed by atoms with E-state index >= 15 is 0 Å². The second kappa shape index (κ2) is 11.6. The van der Waals surface area contributed by atoms with Crippen LogP contribution in [0.4, 0.5) is 0 Å². The van der Waals surface area contributed by atoms with Crippen molar-refractivity contribution in [1.29, 1.82) is 0 Å². The average Bonchev–Trinajstić information content (AvgIpc) is 3.14. The number of hydrogen-bond donors (Lipinski definition) is 2. The van der Waals surface area contributed by atoms with Gasteiger partial charge in [-0.15, -0.1) is 6.58 Å². The van der Waals surface area contributed by atoms with Gasteiger partial charge < -0.3 is 24.6 Å². The van der Waals surface area contributed by atoms with Crippen LogP contribution in [0.2, 0.25) is 0 Å². The molecule has 0 unspecified atom stereocenters. The van der Waals surface area contributed by atoms with Crippen LogP contribution < -0.4 is 10.1 Å². The molecule has 1 aromatic carbocycles. The van der Waals surface area contributed by atoms with Gasteiger partial charge in [-0.3, -0.25) is 4.79 Å². The van der Waals surface area contributed by atoms with Crippen LogP contribution in [0, 0.1) is 0 Å². The van der Waals surface area contributed by atoms with E-state index in [1.165, 1.54) is 0 Å². The molecule has 0 aromatic heterocycles. The highest BCUT2D eigenvalue weighted by Crippen LogP contribution is 2.27. The molecule has 0 saturated heterocycles. The second-order valence-electron chi connectivity index (χ2n) is 7.21. The van der Waals surface area contributed by atoms with Gasteiger partial charge in [0.2, 0.25) is 5.90 Å². The Hall–Kier alpha value is -2.38. The number of aliphatic imine (C=N–C) groups is 1. The number of carbonyl (C=O) groups is 1. The molecule has 1 heterocycles. The number of hydrogen-bond acceptors (Lipinski definition) is 6. The lowest BCUT2D eigenvalue weighted by Crippen LogP contribution is -2.46. The summed E-state index contributed by atoms with van der Waals surface area (Å²) in [5.74, 6) is 0.979. The molecule has 1 aromatic rings. The number of rotatable bonds is 13. The Bertz CT molecular complexity index is 687. The highest BCUT2D eigenvalue weighted by Gasteiger charge is 2.43. The van der Waals surface area contributed by atoms with Crippen molar-refractivity contribution in [2.75, 3.05) is 33.0 Å². The minimum absolute atomic E-state index is 0.0981. The van der Waals surface area contributed by atoms with E-state index in [0.29, 0.717) is 44.2 Å². The second-order valence-corrected chi connectivity index (χ2v) is 7.21. The third kappa shape index (κ3) is 6.87. The molecule has 0 radical (unpaired) electrons. The zero-order chi connectivity index (χ0) is 21.1. The van der Waals surface area contributed by atoms with E-state index in [9.17, 15) is 4.79 Å². The SMILES string of the molecule is C=CC[C@]1(C(=O)NCCCOC(C)C)COC(c2ccc(OCCCO)cc2)=N1. The van der Waals surface area contributed by atoms with Crippen LogP contribution >= 0.6 is 0 Å². The molecule has 0 bridgehead atoms. The molecule has 1 atom stereocenters. The lowest BCUT2D eigenvalue weighted by Gasteiger charge is -2.21. The summed E-state index contributed by atoms with van der Waals surface area (Å²) in [6, 6.07) is 7.33. The monoisotopic (exact) mass is 404 g/mol. The van der Waals surface area contributed by atoms with Crippen LogP contribution in [0.1, 0.15) is 38.7 Å². The summed E-state index contributed by atoms with van der Waals surface area (Å²) in [7, 11) is 0. The molecule has 0 fully saturated rings. The number of amides is 1. The maximum absolute atomic E-state index is 12.8. The van der Waals surface area contributed by atoms with Crippen molar-refractivity contribution in [2.45, 2.75) is 44.8 Å². The van der Waals surface area contributed by atoms with Crippen molar-refractivity contribution in [3.8, 4) is 5.75 Å². The van der Waals surface area contributed by atoms with Gasteiger partial charge in [-0.25, -0.2) is 4.99 Å². The smallest absolute Gasteiger partial charge is 0.251 e. The molecule has 2 N–H and O–H groups in total. The van der Waals surface area contributed by atoms with Crippen molar-refractivity contribution in [2.24, 2.45) is 4.99 Å². The molecule has 0 saturated carbocycles. The van der Waals surface area contributed by atoms with E-state index in [-0.39, 0.29) is 25.2 Å². The van der Waals surface area contributed by atoms with Crippen molar-refractivity contribution >= 4 is 11.8 Å². The van der Waals surface area contributed by atoms with Gasteiger partial charge in [-0.1, -0.05) is 6.08 Å². The molecular weight excluding hydrogens is 372 g/mol. The van der Waals surface area contributed by atoms with E-state index < -0.39 is 5.54 Å². The maximum atomic E-state index is 12.8. The van der Waals surface area contributed by atoms with Crippen LogP contribution in [-0.2, 0) is 14.3 Å². The summed E-state index contributed by atoms with van der Waals surface area (Å²) in [5, 5.41) is 11.8. The Morgan fingerprint density at radius 3 is 2.76 bits per heavy atom. The van der Waals surface area contributed by atoms with Gasteiger partial charge in [0.1, 0.15) is 12.4 Å². The molecule has 1 aliphatic rings. The van der Waals surface area contributed by atoms with Gasteiger partial charge >= 0.3 is 0 Å². The Kier molecular flexibility index (Phi) is 9.15. The summed E-state index contributed by atoms with van der Waals surface area (Å²) in [5.41, 5.74) is -0.213. The van der Waals surface area contributed by atoms with Gasteiger partial charge in [0.15, 0.2) is 5.54 Å². The predicted molar refractivity (Wildman–Crippen MR) is 112 cm³/mol. The molecule has 1 aliphatic heterocycles. The van der Waals surface area contributed by atoms with Crippen molar-refractivity contribution < 1.29 is 24.1 Å². The standard InChI is InChI=1S/C22H32N2O5/c1-4-11-22(21(26)23-12-5-14-27-17(2)3)16-29-20(24-22)18-7-9-19(10-8-18)28-15-6-13-25/h4,7-10,17,25H,1,5-6,11-16H2,2-3H3,(H,23,26)/t22-/m1/s1. The lowest BCUT2D eigenvalue weighted by molar-refractivity contribution is -0.126. The fourth-order valence-corrected chi connectivity index (χ4v) is 2.85. The highest BCUT2D eigenvalue weighted by molar-refractivity contribution is 6.00. The Morgan fingerprint density at radius 1 is 1.34 bits per heavy atom. The number of nitrogens with zero attached hydrogens (tertiary/aromatic N) is 1. The highest BCUT2D eigenvalue weighted by atomic mass is 16.5. The first-order valence-electron chi connectivity index (χ1n) is 10.1. The summed E-state index contributed by atoms with van der Waals surface area (Å²) >= 11 is 0. The molecule has 29 heavy (non-hydrogen) atoms. The molecule has 0 aliphatic carbocycles. The third-order valence-electron chi connectivity index (χ3n) is 4.40. The molecule has 7 nitrogen and oxygen atoms in total. The minimum atomic E-state index is -0.994. The number of benzene rings is 1. The van der Waals surface area contributed by atoms with Gasteiger partial charge in [-0.2, -0.15) is 0 Å². The fraction of sp³-hybridized carbons (Fsp3) is 0.545. The van der Waals surface area contributed by atoms with Crippen LogP contribution in [0.15, 0.2) is 41.9 Å². The van der Waals surface area contributed by atoms with Gasteiger partial charge in [0.05, 0.1) is 12.7 Å². The molecule has 1 amide bonds. The molecule has 7 heteroatoms. The van der Waals surface area contributed by atoms with Crippen LogP contribution in [0.5, 0.6) is 5.75 Å². The third-order valence-corrected chi connectivity index (χ3v) is 4.40. The molecular formula is C22H32N2O5. The molecule has 0 spiro atoms. The first kappa shape index (κ1) is 22.9. The van der Waals surface area contributed by atoms with E-state index in [0.717, 1.165) is 12.0 Å². The molecule has 2 rings (SSSR count). The summed E-state index contributed by atoms with van der Waals surface area (Å²) in [6.07, 6.45) is 3.59. The predicted octanol–water partition coefficient (Wildman–Crippen LogP) is 2.47. The van der Waals surface area contributed by atoms with Gasteiger partial charge in [0.25, 0.3) is 5.91 Å². The Morgan fingerprint density at radius 2 is 2.10 bits per heavy atom. The van der Waals surface area contributed by atoms with E-state index in [4.69, 9.17) is 19.3 Å². The Labute approximate surface area is 172 Å². The van der Waals surface area contributed by atoms with E-state index in [2.05, 4.69) is 16.9 Å². The lowest BCUT2D eigenvalue weighted by atomic mass is 9.96. The summed E-state index contributed by atoms with van der Waals surface area (Å²) in [4.78, 5) is 17.4. The van der Waals surface area contributed by atoms with Gasteiger partial charge in [0, 0.05) is 38.2 Å². The zero-order valence-electron chi connectivity index (χ0n) is 17.4. The normalized spacial score (nSPS) is 18.3. The van der Waals surface area contributed by atoms with Gasteiger partial charge in [-0.05, 0) is 44.5 Å². The van der Waals surface area contributed by atoms with Crippen molar-refractivity contribution in [3.63, 3.8) is 0 Å². The van der Waals surface area contributed by atoms with Crippen molar-refractivity contribution in [3.05, 3.63) is 42.5 Å². The van der Waals surface area contributed by atoms with Crippen LogP contribution in [0.3, 0.4) is 0 Å². The fourth-order valence-electron chi connectivity index (χ4n) is 2.85. The largest absolute Gasteiger partial charge is 0.494 e. The minimum Gasteiger partial charge on any atom is -0.494 e. The number of aliphatic hydroxyl groups excluding tert-OH is 1. The molecule has 160 valence electrons.